The molecule has 10 heteroatoms. The van der Waals surface area contributed by atoms with E-state index in [9.17, 15) is 5.11 Å². The summed E-state index contributed by atoms with van der Waals surface area (Å²) in [7, 11) is -4.59. The van der Waals surface area contributed by atoms with Crippen LogP contribution < -0.4 is 5.73 Å². The van der Waals surface area contributed by atoms with Crippen molar-refractivity contribution < 1.29 is 14.3 Å². The summed E-state index contributed by atoms with van der Waals surface area (Å²) in [6.45, 7) is 28.0. The molecule has 2 aromatic rings. The number of nitrogens with zero attached hydrogens (tertiary/aromatic N) is 4. The van der Waals surface area contributed by atoms with Crippen molar-refractivity contribution >= 4 is 33.4 Å². The van der Waals surface area contributed by atoms with Crippen molar-refractivity contribution in [2.45, 2.75) is 140 Å². The first-order valence-corrected chi connectivity index (χ1v) is 18.9. The Hall–Kier alpha value is -1.34. The monoisotopic (exact) mass is 563 g/mol. The summed E-state index contributed by atoms with van der Waals surface area (Å²) in [5.74, 6) is 0.346. The fourth-order valence-corrected chi connectivity index (χ4v) is 22.5. The van der Waals surface area contributed by atoms with Gasteiger partial charge in [-0.1, -0.05) is 83.1 Å². The predicted molar refractivity (Wildman–Crippen MR) is 161 cm³/mol. The smallest absolute Gasteiger partial charge is 0.200 e. The summed E-state index contributed by atoms with van der Waals surface area (Å²) in [5, 5.41) is 12.1. The lowest BCUT2D eigenvalue weighted by Crippen LogP contribution is -2.69. The standard InChI is InChI=1S/C28H53N5O3Si2/c1-17(2)37(18(3)4,19(5)6)28(34)13-24(33-16-32-25-26(29)30-15-31-27(25)33)36-23(28)14-35-38(20(7)8,21(9)10)22(11)12/h15-24,34H,13-14H2,1-12H3,(H2,29,30,31)/t23-,24-,28-/m1/s1. The number of hydrogen-bond donors (Lipinski definition) is 2. The van der Waals surface area contributed by atoms with Crippen LogP contribution in [0.1, 0.15) is 95.7 Å². The minimum Gasteiger partial charge on any atom is -0.413 e. The Morgan fingerprint density at radius 2 is 1.45 bits per heavy atom. The molecule has 1 saturated heterocycles. The van der Waals surface area contributed by atoms with Gasteiger partial charge in [0.2, 0.25) is 0 Å². The molecule has 0 bridgehead atoms. The topological polar surface area (TPSA) is 108 Å². The van der Waals surface area contributed by atoms with E-state index >= 15 is 0 Å². The van der Waals surface area contributed by atoms with Crippen LogP contribution in [-0.4, -0.2) is 59.0 Å². The summed E-state index contributed by atoms with van der Waals surface area (Å²) in [5.41, 5.74) is 9.71. The van der Waals surface area contributed by atoms with Crippen molar-refractivity contribution in [3.63, 3.8) is 0 Å². The van der Waals surface area contributed by atoms with Gasteiger partial charge in [-0.2, -0.15) is 0 Å². The van der Waals surface area contributed by atoms with Crippen molar-refractivity contribution in [3.05, 3.63) is 12.7 Å². The van der Waals surface area contributed by atoms with E-state index < -0.39 is 33.9 Å². The molecule has 0 saturated carbocycles. The van der Waals surface area contributed by atoms with Gasteiger partial charge in [0.05, 0.1) is 18.2 Å². The van der Waals surface area contributed by atoms with Crippen LogP contribution in [0.2, 0.25) is 33.2 Å². The van der Waals surface area contributed by atoms with E-state index in [0.717, 1.165) is 0 Å². The quantitative estimate of drug-likeness (QED) is 0.288. The first-order valence-electron chi connectivity index (χ1n) is 14.5. The van der Waals surface area contributed by atoms with Crippen LogP contribution in [-0.2, 0) is 9.16 Å². The number of fused-ring (bicyclic) bond motifs is 1. The number of rotatable bonds is 11. The summed E-state index contributed by atoms with van der Waals surface area (Å²) in [6, 6.07) is 0. The molecule has 1 aliphatic rings. The molecule has 0 spiro atoms. The molecule has 1 fully saturated rings. The van der Waals surface area contributed by atoms with Crippen molar-refractivity contribution in [1.29, 1.82) is 0 Å². The number of hydrogen-bond acceptors (Lipinski definition) is 7. The van der Waals surface area contributed by atoms with Crippen LogP contribution >= 0.6 is 0 Å². The minimum atomic E-state index is -2.42. The molecule has 8 nitrogen and oxygen atoms in total. The van der Waals surface area contributed by atoms with Crippen LogP contribution in [0.4, 0.5) is 5.82 Å². The molecule has 216 valence electrons. The summed E-state index contributed by atoms with van der Waals surface area (Å²) < 4.78 is 15.9. The van der Waals surface area contributed by atoms with Crippen LogP contribution in [0.15, 0.2) is 12.7 Å². The molecule has 0 aromatic carbocycles. The lowest BCUT2D eigenvalue weighted by atomic mass is 10.1. The number of imidazole rings is 1. The Balaban J connectivity index is 2.15. The molecule has 2 aromatic heterocycles. The van der Waals surface area contributed by atoms with E-state index in [-0.39, 0.29) is 0 Å². The normalized spacial score (nSPS) is 23.4. The maximum Gasteiger partial charge on any atom is 0.200 e. The Kier molecular flexibility index (Phi) is 9.25. The predicted octanol–water partition coefficient (Wildman–Crippen LogP) is 6.84. The van der Waals surface area contributed by atoms with Gasteiger partial charge in [0.1, 0.15) is 32.2 Å². The zero-order valence-corrected chi connectivity index (χ0v) is 27.8. The van der Waals surface area contributed by atoms with Gasteiger partial charge in [-0.3, -0.25) is 4.57 Å². The zero-order chi connectivity index (χ0) is 28.8. The molecule has 3 atom stereocenters. The number of ether oxygens (including phenoxy) is 1. The highest BCUT2D eigenvalue weighted by molar-refractivity contribution is 6.86. The minimum absolute atomic E-state index is 0.346. The summed E-state index contributed by atoms with van der Waals surface area (Å²) in [4.78, 5) is 13.1. The van der Waals surface area contributed by atoms with Gasteiger partial charge in [-0.05, 0) is 33.2 Å². The molecule has 3 heterocycles. The van der Waals surface area contributed by atoms with E-state index in [1.165, 1.54) is 6.33 Å². The number of anilines is 1. The van der Waals surface area contributed by atoms with E-state index in [1.807, 2.05) is 4.57 Å². The highest BCUT2D eigenvalue weighted by Gasteiger charge is 2.66. The third kappa shape index (κ3) is 4.68. The van der Waals surface area contributed by atoms with E-state index in [2.05, 4.69) is 98.0 Å². The van der Waals surface area contributed by atoms with Gasteiger partial charge >= 0.3 is 0 Å². The average Bonchev–Trinajstić information content (AvgIpc) is 3.35. The molecule has 0 radical (unpaired) electrons. The molecule has 0 amide bonds. The number of nitrogen functional groups attached to an aromatic ring is 1. The number of nitrogens with two attached hydrogens (primary N) is 1. The molecular weight excluding hydrogens is 511 g/mol. The third-order valence-corrected chi connectivity index (χ3v) is 23.7. The van der Waals surface area contributed by atoms with Crippen molar-refractivity contribution in [3.8, 4) is 0 Å². The SMILES string of the molecule is CC(C)[Si](OC[C@H]1O[C@@H](n2cnc3c(N)ncnc32)C[C@@]1(O)[Si](C(C)C)(C(C)C)C(C)C)(C(C)C)C(C)C. The van der Waals surface area contributed by atoms with Crippen LogP contribution in [0.3, 0.4) is 0 Å². The lowest BCUT2D eigenvalue weighted by Gasteiger charge is -2.54. The van der Waals surface area contributed by atoms with E-state index in [0.29, 0.717) is 63.3 Å². The summed E-state index contributed by atoms with van der Waals surface area (Å²) in [6.07, 6.45) is 2.82. The van der Waals surface area contributed by atoms with Gasteiger partial charge in [0, 0.05) is 6.42 Å². The van der Waals surface area contributed by atoms with Crippen molar-refractivity contribution in [2.24, 2.45) is 0 Å². The Morgan fingerprint density at radius 3 is 1.92 bits per heavy atom. The summed E-state index contributed by atoms with van der Waals surface area (Å²) >= 11 is 0. The lowest BCUT2D eigenvalue weighted by molar-refractivity contribution is -0.0561. The van der Waals surface area contributed by atoms with Gasteiger partial charge < -0.3 is 20.0 Å². The Morgan fingerprint density at radius 1 is 0.921 bits per heavy atom. The van der Waals surface area contributed by atoms with Crippen LogP contribution in [0.5, 0.6) is 0 Å². The molecular formula is C28H53N5O3Si2. The van der Waals surface area contributed by atoms with Crippen LogP contribution in [0, 0.1) is 0 Å². The van der Waals surface area contributed by atoms with Gasteiger partial charge in [-0.15, -0.1) is 0 Å². The fourth-order valence-electron chi connectivity index (χ4n) is 8.85. The van der Waals surface area contributed by atoms with Crippen molar-refractivity contribution in [2.75, 3.05) is 12.3 Å². The number of aliphatic hydroxyl groups is 1. The van der Waals surface area contributed by atoms with Crippen LogP contribution in [0.25, 0.3) is 11.2 Å². The average molecular weight is 564 g/mol. The fraction of sp³-hybridized carbons (Fsp3) is 0.821. The molecule has 38 heavy (non-hydrogen) atoms. The van der Waals surface area contributed by atoms with E-state index in [1.54, 1.807) is 6.33 Å². The Labute approximate surface area is 232 Å². The number of aromatic nitrogens is 4. The first kappa shape index (κ1) is 31.2. The van der Waals surface area contributed by atoms with Crippen molar-refractivity contribution in [1.82, 2.24) is 19.5 Å². The van der Waals surface area contributed by atoms with Gasteiger partial charge in [-0.25, -0.2) is 15.0 Å². The maximum absolute atomic E-state index is 13.1. The van der Waals surface area contributed by atoms with Gasteiger partial charge in [0.25, 0.3) is 0 Å². The molecule has 0 unspecified atom stereocenters. The molecule has 0 aliphatic carbocycles. The molecule has 1 aliphatic heterocycles. The molecule has 3 rings (SSSR count). The second-order valence-electron chi connectivity index (χ2n) is 13.3. The third-order valence-electron chi connectivity index (χ3n) is 9.84. The largest absolute Gasteiger partial charge is 0.413 e. The highest BCUT2D eigenvalue weighted by atomic mass is 28.4. The second kappa shape index (κ2) is 11.3. The highest BCUT2D eigenvalue weighted by Crippen LogP contribution is 2.56. The van der Waals surface area contributed by atoms with E-state index in [4.69, 9.17) is 14.9 Å². The second-order valence-corrected chi connectivity index (χ2v) is 25.0. The molecule has 3 N–H and O–H groups in total. The Bertz CT molecular complexity index is 1040. The zero-order valence-electron chi connectivity index (χ0n) is 25.8. The van der Waals surface area contributed by atoms with Gasteiger partial charge in [0.15, 0.2) is 19.8 Å². The maximum atomic E-state index is 13.1. The first-order chi connectivity index (χ1) is 17.6.